The topological polar surface area (TPSA) is 89.3 Å². The molecule has 0 aliphatic carbocycles. The van der Waals surface area contributed by atoms with Crippen molar-refractivity contribution in [3.8, 4) is 0 Å². The molecule has 5 nitrogen and oxygen atoms in total. The molecule has 2 rings (SSSR count). The van der Waals surface area contributed by atoms with E-state index in [-0.39, 0.29) is 10.8 Å². The standard InChI is InChI=1S/C16H18N2O3S/c1-11-5-3-4-6-13(11)10-18-16(19)15-9-14(22(17,20)21)8-7-12(15)2/h3-9H,10H2,1-2H3,(H,18,19)(H2,17,20,21). The molecular weight excluding hydrogens is 300 g/mol. The normalized spacial score (nSPS) is 11.2. The molecule has 2 aromatic carbocycles. The maximum Gasteiger partial charge on any atom is 0.251 e. The molecule has 0 spiro atoms. The molecule has 6 heteroatoms. The van der Waals surface area contributed by atoms with Crippen molar-refractivity contribution in [3.63, 3.8) is 0 Å². The van der Waals surface area contributed by atoms with Crippen LogP contribution in [-0.4, -0.2) is 14.3 Å². The number of benzene rings is 2. The lowest BCUT2D eigenvalue weighted by atomic mass is 10.1. The number of hydrogen-bond donors (Lipinski definition) is 2. The maximum atomic E-state index is 12.3. The van der Waals surface area contributed by atoms with E-state index in [0.29, 0.717) is 17.7 Å². The summed E-state index contributed by atoms with van der Waals surface area (Å²) in [5.74, 6) is -0.328. The van der Waals surface area contributed by atoms with Crippen molar-refractivity contribution < 1.29 is 13.2 Å². The van der Waals surface area contributed by atoms with E-state index in [2.05, 4.69) is 5.32 Å². The number of carbonyl (C=O) groups is 1. The number of carbonyl (C=O) groups excluding carboxylic acids is 1. The molecule has 22 heavy (non-hydrogen) atoms. The Kier molecular flexibility index (Phi) is 4.63. The predicted molar refractivity (Wildman–Crippen MR) is 84.9 cm³/mol. The fourth-order valence-electron chi connectivity index (χ4n) is 2.10. The third-order valence-electron chi connectivity index (χ3n) is 3.48. The van der Waals surface area contributed by atoms with Crippen LogP contribution in [0.3, 0.4) is 0 Å². The summed E-state index contributed by atoms with van der Waals surface area (Å²) in [6.45, 7) is 4.09. The number of amides is 1. The van der Waals surface area contributed by atoms with Crippen molar-refractivity contribution in [2.75, 3.05) is 0 Å². The summed E-state index contributed by atoms with van der Waals surface area (Å²) in [6.07, 6.45) is 0. The van der Waals surface area contributed by atoms with Gasteiger partial charge in [0, 0.05) is 12.1 Å². The Balaban J connectivity index is 2.21. The van der Waals surface area contributed by atoms with Gasteiger partial charge in [-0.25, -0.2) is 13.6 Å². The molecule has 3 N–H and O–H groups in total. The van der Waals surface area contributed by atoms with Crippen molar-refractivity contribution >= 4 is 15.9 Å². The van der Waals surface area contributed by atoms with E-state index < -0.39 is 10.0 Å². The summed E-state index contributed by atoms with van der Waals surface area (Å²) in [7, 11) is -3.83. The van der Waals surface area contributed by atoms with Crippen LogP contribution in [0.15, 0.2) is 47.4 Å². The van der Waals surface area contributed by atoms with Crippen molar-refractivity contribution in [3.05, 3.63) is 64.7 Å². The van der Waals surface area contributed by atoms with Gasteiger partial charge in [0.05, 0.1) is 4.90 Å². The number of nitrogens with two attached hydrogens (primary N) is 1. The zero-order valence-electron chi connectivity index (χ0n) is 12.5. The largest absolute Gasteiger partial charge is 0.348 e. The highest BCUT2D eigenvalue weighted by Gasteiger charge is 2.14. The van der Waals surface area contributed by atoms with Crippen LogP contribution in [0.5, 0.6) is 0 Å². The SMILES string of the molecule is Cc1ccccc1CNC(=O)c1cc(S(N)(=O)=O)ccc1C. The summed E-state index contributed by atoms with van der Waals surface area (Å²) in [4.78, 5) is 12.2. The van der Waals surface area contributed by atoms with Gasteiger partial charge < -0.3 is 5.32 Å². The Labute approximate surface area is 130 Å². The Bertz CT molecular complexity index is 814. The van der Waals surface area contributed by atoms with Gasteiger partial charge in [-0.05, 0) is 42.7 Å². The number of primary sulfonamides is 1. The second-order valence-corrected chi connectivity index (χ2v) is 6.69. The minimum absolute atomic E-state index is 0.0702. The molecule has 0 bridgehead atoms. The maximum absolute atomic E-state index is 12.3. The monoisotopic (exact) mass is 318 g/mol. The van der Waals surface area contributed by atoms with Gasteiger partial charge in [-0.2, -0.15) is 0 Å². The first-order chi connectivity index (χ1) is 10.3. The molecule has 0 atom stereocenters. The van der Waals surface area contributed by atoms with E-state index in [4.69, 9.17) is 5.14 Å². The molecule has 0 aromatic heterocycles. The molecule has 116 valence electrons. The highest BCUT2D eigenvalue weighted by atomic mass is 32.2. The minimum atomic E-state index is -3.83. The van der Waals surface area contributed by atoms with Gasteiger partial charge in [-0.15, -0.1) is 0 Å². The van der Waals surface area contributed by atoms with Gasteiger partial charge in [0.1, 0.15) is 0 Å². The molecule has 0 saturated heterocycles. The Hall–Kier alpha value is -2.18. The minimum Gasteiger partial charge on any atom is -0.348 e. The molecule has 0 saturated carbocycles. The van der Waals surface area contributed by atoms with Crippen LogP contribution in [0, 0.1) is 13.8 Å². The Morgan fingerprint density at radius 1 is 1.09 bits per heavy atom. The number of rotatable bonds is 4. The summed E-state index contributed by atoms with van der Waals surface area (Å²) < 4.78 is 22.8. The van der Waals surface area contributed by atoms with E-state index in [9.17, 15) is 13.2 Å². The van der Waals surface area contributed by atoms with Crippen molar-refractivity contribution in [1.82, 2.24) is 5.32 Å². The molecule has 0 radical (unpaired) electrons. The third kappa shape index (κ3) is 3.72. The Morgan fingerprint density at radius 3 is 2.41 bits per heavy atom. The highest BCUT2D eigenvalue weighted by Crippen LogP contribution is 2.15. The molecule has 1 amide bonds. The van der Waals surface area contributed by atoms with Gasteiger partial charge >= 0.3 is 0 Å². The highest BCUT2D eigenvalue weighted by molar-refractivity contribution is 7.89. The molecule has 2 aromatic rings. The predicted octanol–water partition coefficient (Wildman–Crippen LogP) is 1.88. The summed E-state index contributed by atoms with van der Waals surface area (Å²) in [5.41, 5.74) is 3.09. The first-order valence-corrected chi connectivity index (χ1v) is 8.30. The second kappa shape index (κ2) is 6.29. The number of sulfonamides is 1. The van der Waals surface area contributed by atoms with E-state index >= 15 is 0 Å². The molecule has 0 unspecified atom stereocenters. The van der Waals surface area contributed by atoms with Crippen LogP contribution in [0.2, 0.25) is 0 Å². The number of nitrogens with one attached hydrogen (secondary N) is 1. The van der Waals surface area contributed by atoms with Crippen LogP contribution in [0.25, 0.3) is 0 Å². The van der Waals surface area contributed by atoms with Crippen LogP contribution >= 0.6 is 0 Å². The summed E-state index contributed by atoms with van der Waals surface area (Å²) >= 11 is 0. The van der Waals surface area contributed by atoms with Gasteiger partial charge in [0.25, 0.3) is 5.91 Å². The third-order valence-corrected chi connectivity index (χ3v) is 4.39. The lowest BCUT2D eigenvalue weighted by molar-refractivity contribution is 0.0950. The zero-order chi connectivity index (χ0) is 16.3. The quantitative estimate of drug-likeness (QED) is 0.902. The lowest BCUT2D eigenvalue weighted by Gasteiger charge is -2.10. The number of hydrogen-bond acceptors (Lipinski definition) is 3. The average Bonchev–Trinajstić information content (AvgIpc) is 2.45. The molecular formula is C16H18N2O3S. The van der Waals surface area contributed by atoms with Gasteiger partial charge in [-0.1, -0.05) is 30.3 Å². The van der Waals surface area contributed by atoms with Crippen LogP contribution < -0.4 is 10.5 Å². The zero-order valence-corrected chi connectivity index (χ0v) is 13.3. The number of aryl methyl sites for hydroxylation is 2. The van der Waals surface area contributed by atoms with E-state index in [1.807, 2.05) is 31.2 Å². The second-order valence-electron chi connectivity index (χ2n) is 5.13. The van der Waals surface area contributed by atoms with Crippen molar-refractivity contribution in [1.29, 1.82) is 0 Å². The average molecular weight is 318 g/mol. The fourth-order valence-corrected chi connectivity index (χ4v) is 2.64. The van der Waals surface area contributed by atoms with E-state index in [1.54, 1.807) is 13.0 Å². The van der Waals surface area contributed by atoms with Crippen molar-refractivity contribution in [2.45, 2.75) is 25.3 Å². The van der Waals surface area contributed by atoms with Crippen molar-refractivity contribution in [2.24, 2.45) is 5.14 Å². The lowest BCUT2D eigenvalue weighted by Crippen LogP contribution is -2.24. The molecule has 0 heterocycles. The molecule has 0 fully saturated rings. The smallest absolute Gasteiger partial charge is 0.251 e. The summed E-state index contributed by atoms with van der Waals surface area (Å²) in [5, 5.41) is 7.90. The van der Waals surface area contributed by atoms with Gasteiger partial charge in [0.15, 0.2) is 0 Å². The molecule has 0 aliphatic heterocycles. The summed E-state index contributed by atoms with van der Waals surface area (Å²) in [6, 6.07) is 12.0. The van der Waals surface area contributed by atoms with Gasteiger partial charge in [-0.3, -0.25) is 4.79 Å². The van der Waals surface area contributed by atoms with Crippen LogP contribution in [0.4, 0.5) is 0 Å². The Morgan fingerprint density at radius 2 is 1.77 bits per heavy atom. The molecule has 0 aliphatic rings. The first-order valence-electron chi connectivity index (χ1n) is 6.75. The first kappa shape index (κ1) is 16.2. The van der Waals surface area contributed by atoms with Crippen LogP contribution in [-0.2, 0) is 16.6 Å². The van der Waals surface area contributed by atoms with E-state index in [0.717, 1.165) is 11.1 Å². The van der Waals surface area contributed by atoms with Gasteiger partial charge in [0.2, 0.25) is 10.0 Å². The fraction of sp³-hybridized carbons (Fsp3) is 0.188. The van der Waals surface area contributed by atoms with Crippen LogP contribution in [0.1, 0.15) is 27.0 Å². The van der Waals surface area contributed by atoms with E-state index in [1.165, 1.54) is 12.1 Å².